The third kappa shape index (κ3) is 4.78. The van der Waals surface area contributed by atoms with Crippen molar-refractivity contribution in [2.75, 3.05) is 6.54 Å². The summed E-state index contributed by atoms with van der Waals surface area (Å²) in [5, 5.41) is 4.29. The molecular formula is C22H25N5O. The van der Waals surface area contributed by atoms with E-state index < -0.39 is 0 Å². The van der Waals surface area contributed by atoms with Gasteiger partial charge >= 0.3 is 0 Å². The quantitative estimate of drug-likeness (QED) is 0.443. The van der Waals surface area contributed by atoms with Crippen molar-refractivity contribution in [2.45, 2.75) is 33.0 Å². The van der Waals surface area contributed by atoms with Crippen LogP contribution in [0.4, 0.5) is 0 Å². The Labute approximate surface area is 165 Å². The lowest BCUT2D eigenvalue weighted by Crippen LogP contribution is -2.24. The van der Waals surface area contributed by atoms with Crippen LogP contribution >= 0.6 is 0 Å². The SMILES string of the molecule is Cc1ccc(CN(CCCn2ccnc2)Cc2ccc(-n3cccn3)cc2)o1. The van der Waals surface area contributed by atoms with Crippen molar-refractivity contribution >= 4 is 0 Å². The lowest BCUT2D eigenvalue weighted by molar-refractivity contribution is 0.227. The molecule has 6 nitrogen and oxygen atoms in total. The molecule has 0 bridgehead atoms. The van der Waals surface area contributed by atoms with E-state index in [1.807, 2.05) is 48.7 Å². The minimum atomic E-state index is 0.804. The molecule has 0 radical (unpaired) electrons. The first-order valence-electron chi connectivity index (χ1n) is 9.59. The number of hydrogen-bond donors (Lipinski definition) is 0. The van der Waals surface area contributed by atoms with Crippen molar-refractivity contribution < 1.29 is 4.42 Å². The summed E-state index contributed by atoms with van der Waals surface area (Å²) < 4.78 is 9.80. The average Bonchev–Trinajstić information content (AvgIpc) is 3.45. The van der Waals surface area contributed by atoms with Gasteiger partial charge in [0, 0.05) is 44.4 Å². The summed E-state index contributed by atoms with van der Waals surface area (Å²) in [6.07, 6.45) is 10.5. The van der Waals surface area contributed by atoms with E-state index in [2.05, 4.69) is 49.9 Å². The Hall–Kier alpha value is -3.12. The van der Waals surface area contributed by atoms with Crippen molar-refractivity contribution in [3.63, 3.8) is 0 Å². The van der Waals surface area contributed by atoms with E-state index in [9.17, 15) is 0 Å². The van der Waals surface area contributed by atoms with Gasteiger partial charge in [-0.1, -0.05) is 12.1 Å². The zero-order valence-electron chi connectivity index (χ0n) is 16.1. The van der Waals surface area contributed by atoms with Crippen LogP contribution < -0.4 is 0 Å². The number of furan rings is 1. The maximum absolute atomic E-state index is 5.80. The fourth-order valence-electron chi connectivity index (χ4n) is 3.33. The second-order valence-corrected chi connectivity index (χ2v) is 6.99. The van der Waals surface area contributed by atoms with Gasteiger partial charge in [-0.05, 0) is 49.2 Å². The Morgan fingerprint density at radius 2 is 1.89 bits per heavy atom. The molecule has 0 aliphatic rings. The predicted octanol–water partition coefficient (Wildman–Crippen LogP) is 4.06. The van der Waals surface area contributed by atoms with E-state index in [1.165, 1.54) is 5.56 Å². The van der Waals surface area contributed by atoms with Gasteiger partial charge in [0.15, 0.2) is 0 Å². The molecule has 0 aliphatic heterocycles. The lowest BCUT2D eigenvalue weighted by Gasteiger charge is -2.21. The Balaban J connectivity index is 1.41. The molecule has 0 atom stereocenters. The van der Waals surface area contributed by atoms with Gasteiger partial charge in [-0.3, -0.25) is 4.90 Å². The van der Waals surface area contributed by atoms with Gasteiger partial charge in [0.1, 0.15) is 11.5 Å². The molecule has 144 valence electrons. The van der Waals surface area contributed by atoms with Crippen LogP contribution in [0.5, 0.6) is 0 Å². The number of hydrogen-bond acceptors (Lipinski definition) is 4. The second kappa shape index (κ2) is 8.71. The molecule has 3 aromatic heterocycles. The first-order valence-corrected chi connectivity index (χ1v) is 9.59. The van der Waals surface area contributed by atoms with Crippen LogP contribution in [0.2, 0.25) is 0 Å². The monoisotopic (exact) mass is 375 g/mol. The normalized spacial score (nSPS) is 11.4. The van der Waals surface area contributed by atoms with Gasteiger partial charge < -0.3 is 8.98 Å². The van der Waals surface area contributed by atoms with Crippen LogP contribution in [0.15, 0.2) is 78.0 Å². The van der Waals surface area contributed by atoms with Gasteiger partial charge in [0.25, 0.3) is 0 Å². The number of rotatable bonds is 9. The van der Waals surface area contributed by atoms with Gasteiger partial charge in [0.2, 0.25) is 0 Å². The summed E-state index contributed by atoms with van der Waals surface area (Å²) in [5.41, 5.74) is 2.35. The average molecular weight is 375 g/mol. The molecule has 0 amide bonds. The highest BCUT2D eigenvalue weighted by Crippen LogP contribution is 2.15. The Bertz CT molecular complexity index is 955. The Morgan fingerprint density at radius 3 is 2.57 bits per heavy atom. The number of imidazole rings is 1. The molecule has 4 aromatic rings. The Morgan fingerprint density at radius 1 is 1.00 bits per heavy atom. The van der Waals surface area contributed by atoms with E-state index in [4.69, 9.17) is 4.42 Å². The first kappa shape index (κ1) is 18.3. The lowest BCUT2D eigenvalue weighted by atomic mass is 10.2. The van der Waals surface area contributed by atoms with Crippen LogP contribution in [0.3, 0.4) is 0 Å². The van der Waals surface area contributed by atoms with Crippen LogP contribution in [-0.2, 0) is 19.6 Å². The predicted molar refractivity (Wildman–Crippen MR) is 108 cm³/mol. The molecule has 0 aliphatic carbocycles. The molecule has 6 heteroatoms. The molecule has 3 heterocycles. The van der Waals surface area contributed by atoms with Crippen molar-refractivity contribution in [3.05, 3.63) is 90.7 Å². The minimum Gasteiger partial charge on any atom is -0.465 e. The third-order valence-corrected chi connectivity index (χ3v) is 4.74. The molecule has 1 aromatic carbocycles. The van der Waals surface area contributed by atoms with E-state index in [1.54, 1.807) is 6.20 Å². The summed E-state index contributed by atoms with van der Waals surface area (Å²) in [6, 6.07) is 14.6. The molecule has 0 saturated heterocycles. The molecule has 0 N–H and O–H groups in total. The van der Waals surface area contributed by atoms with Crippen LogP contribution in [0.1, 0.15) is 23.5 Å². The van der Waals surface area contributed by atoms with Gasteiger partial charge in [0.05, 0.1) is 18.6 Å². The summed E-state index contributed by atoms with van der Waals surface area (Å²) in [7, 11) is 0. The first-order chi connectivity index (χ1) is 13.8. The maximum atomic E-state index is 5.80. The van der Waals surface area contributed by atoms with Gasteiger partial charge in [-0.2, -0.15) is 5.10 Å². The minimum absolute atomic E-state index is 0.804. The number of aromatic nitrogens is 4. The molecule has 0 unspecified atom stereocenters. The third-order valence-electron chi connectivity index (χ3n) is 4.74. The molecular weight excluding hydrogens is 350 g/mol. The standard InChI is InChI=1S/C22H25N5O/c1-19-4-9-22(28-19)17-26(13-3-12-25-15-11-23-18-25)16-20-5-7-21(8-6-20)27-14-2-10-24-27/h2,4-11,14-15,18H,3,12-13,16-17H2,1H3. The fraction of sp³-hybridized carbons (Fsp3) is 0.273. The number of aryl methyl sites for hydroxylation is 2. The van der Waals surface area contributed by atoms with E-state index in [-0.39, 0.29) is 0 Å². The van der Waals surface area contributed by atoms with Crippen molar-refractivity contribution in [3.8, 4) is 5.69 Å². The fourth-order valence-corrected chi connectivity index (χ4v) is 3.33. The molecule has 0 fully saturated rings. The number of benzene rings is 1. The van der Waals surface area contributed by atoms with Gasteiger partial charge in [-0.15, -0.1) is 0 Å². The van der Waals surface area contributed by atoms with Crippen LogP contribution in [0.25, 0.3) is 5.69 Å². The molecule has 0 saturated carbocycles. The highest BCUT2D eigenvalue weighted by molar-refractivity contribution is 5.33. The van der Waals surface area contributed by atoms with Crippen molar-refractivity contribution in [1.82, 2.24) is 24.2 Å². The van der Waals surface area contributed by atoms with E-state index in [0.717, 1.165) is 49.8 Å². The van der Waals surface area contributed by atoms with Crippen LogP contribution in [0, 0.1) is 6.92 Å². The zero-order valence-corrected chi connectivity index (χ0v) is 16.1. The van der Waals surface area contributed by atoms with Crippen molar-refractivity contribution in [1.29, 1.82) is 0 Å². The maximum Gasteiger partial charge on any atom is 0.118 e. The highest BCUT2D eigenvalue weighted by Gasteiger charge is 2.10. The van der Waals surface area contributed by atoms with E-state index >= 15 is 0 Å². The summed E-state index contributed by atoms with van der Waals surface area (Å²) in [6.45, 7) is 5.62. The Kier molecular flexibility index (Phi) is 5.68. The second-order valence-electron chi connectivity index (χ2n) is 6.99. The topological polar surface area (TPSA) is 52.0 Å². The van der Waals surface area contributed by atoms with E-state index in [0.29, 0.717) is 0 Å². The smallest absolute Gasteiger partial charge is 0.118 e. The summed E-state index contributed by atoms with van der Waals surface area (Å²) in [4.78, 5) is 6.54. The summed E-state index contributed by atoms with van der Waals surface area (Å²) in [5.74, 6) is 1.96. The number of nitrogens with zero attached hydrogens (tertiary/aromatic N) is 5. The molecule has 0 spiro atoms. The summed E-state index contributed by atoms with van der Waals surface area (Å²) >= 11 is 0. The highest BCUT2D eigenvalue weighted by atomic mass is 16.3. The van der Waals surface area contributed by atoms with Crippen LogP contribution in [-0.4, -0.2) is 30.8 Å². The molecule has 4 rings (SSSR count). The largest absolute Gasteiger partial charge is 0.465 e. The van der Waals surface area contributed by atoms with Gasteiger partial charge in [-0.25, -0.2) is 9.67 Å². The molecule has 28 heavy (non-hydrogen) atoms. The van der Waals surface area contributed by atoms with Crippen molar-refractivity contribution in [2.24, 2.45) is 0 Å². The zero-order chi connectivity index (χ0) is 19.2.